The fourth-order valence-electron chi connectivity index (χ4n) is 0.257. The lowest BCUT2D eigenvalue weighted by atomic mass is 10.9. The lowest BCUT2D eigenvalue weighted by molar-refractivity contribution is -0.131. The molecule has 0 N–H and O–H groups in total. The van der Waals surface area contributed by atoms with E-state index >= 15 is 0 Å². The molecule has 3 heteroatoms. The van der Waals surface area contributed by atoms with Gasteiger partial charge in [0.25, 0.3) is 0 Å². The Kier molecular flexibility index (Phi) is 2.93. The van der Waals surface area contributed by atoms with E-state index in [1.807, 2.05) is 13.3 Å². The topological polar surface area (TPSA) is 26.3 Å². The molecular formula is C4H9O2P. The van der Waals surface area contributed by atoms with Gasteiger partial charge in [-0.1, -0.05) is 0 Å². The van der Waals surface area contributed by atoms with E-state index in [2.05, 4.69) is 4.52 Å². The van der Waals surface area contributed by atoms with Crippen LogP contribution in [0.15, 0.2) is 0 Å². The van der Waals surface area contributed by atoms with E-state index in [9.17, 15) is 4.79 Å². The van der Waals surface area contributed by atoms with Gasteiger partial charge in [0.2, 0.25) is 0 Å². The normalized spacial score (nSPS) is 9.14. The van der Waals surface area contributed by atoms with Crippen LogP contribution < -0.4 is 0 Å². The average molecular weight is 120 g/mol. The van der Waals surface area contributed by atoms with Crippen LogP contribution in [-0.2, 0) is 9.32 Å². The van der Waals surface area contributed by atoms with Crippen molar-refractivity contribution < 1.29 is 9.32 Å². The SMILES string of the molecule is CC(=O)OP(C)C. The monoisotopic (exact) mass is 120 g/mol. The minimum Gasteiger partial charge on any atom is -0.446 e. The highest BCUT2D eigenvalue weighted by Crippen LogP contribution is 2.25. The molecule has 0 heterocycles. The molecule has 0 aliphatic heterocycles. The summed E-state index contributed by atoms with van der Waals surface area (Å²) in [5.41, 5.74) is 0. The standard InChI is InChI=1S/C4H9O2P/c1-4(5)6-7(2)3/h1-3H3. The van der Waals surface area contributed by atoms with Crippen molar-refractivity contribution in [1.29, 1.82) is 0 Å². The molecule has 0 aromatic carbocycles. The number of carbonyl (C=O) groups excluding carboxylic acids is 1. The first-order valence-electron chi connectivity index (χ1n) is 1.99. The van der Waals surface area contributed by atoms with Crippen molar-refractivity contribution in [1.82, 2.24) is 0 Å². The van der Waals surface area contributed by atoms with Crippen molar-refractivity contribution >= 4 is 14.1 Å². The van der Waals surface area contributed by atoms with Crippen LogP contribution in [0.25, 0.3) is 0 Å². The number of rotatable bonds is 1. The van der Waals surface area contributed by atoms with Crippen LogP contribution in [0.4, 0.5) is 0 Å². The third kappa shape index (κ3) is 5.90. The van der Waals surface area contributed by atoms with Gasteiger partial charge in [-0.25, -0.2) is 0 Å². The van der Waals surface area contributed by atoms with Crippen molar-refractivity contribution in [3.05, 3.63) is 0 Å². The summed E-state index contributed by atoms with van der Waals surface area (Å²) in [7, 11) is -0.489. The second-order valence-electron chi connectivity index (χ2n) is 1.40. The number of hydrogen-bond donors (Lipinski definition) is 0. The van der Waals surface area contributed by atoms with Crippen LogP contribution >= 0.6 is 8.15 Å². The van der Waals surface area contributed by atoms with Gasteiger partial charge in [-0.15, -0.1) is 0 Å². The van der Waals surface area contributed by atoms with Gasteiger partial charge in [0.05, 0.1) is 8.15 Å². The molecule has 0 rings (SSSR count). The van der Waals surface area contributed by atoms with E-state index in [0.29, 0.717) is 0 Å². The van der Waals surface area contributed by atoms with Gasteiger partial charge < -0.3 is 4.52 Å². The summed E-state index contributed by atoms with van der Waals surface area (Å²) in [6.45, 7) is 5.19. The first-order chi connectivity index (χ1) is 3.13. The predicted octanol–water partition coefficient (Wildman–Crippen LogP) is 1.21. The number of carbonyl (C=O) groups is 1. The van der Waals surface area contributed by atoms with Crippen LogP contribution in [0.3, 0.4) is 0 Å². The Balaban J connectivity index is 3.13. The Morgan fingerprint density at radius 2 is 2.00 bits per heavy atom. The molecule has 0 aromatic heterocycles. The van der Waals surface area contributed by atoms with Gasteiger partial charge in [0.1, 0.15) is 0 Å². The quantitative estimate of drug-likeness (QED) is 0.486. The van der Waals surface area contributed by atoms with E-state index in [1.54, 1.807) is 0 Å². The van der Waals surface area contributed by atoms with Gasteiger partial charge in [-0.05, 0) is 13.3 Å². The van der Waals surface area contributed by atoms with Gasteiger partial charge in [0, 0.05) is 6.92 Å². The molecule has 0 saturated carbocycles. The maximum atomic E-state index is 10.0. The van der Waals surface area contributed by atoms with E-state index in [4.69, 9.17) is 0 Å². The molecule has 2 nitrogen and oxygen atoms in total. The lowest BCUT2D eigenvalue weighted by Crippen LogP contribution is -1.89. The van der Waals surface area contributed by atoms with E-state index in [0.717, 1.165) is 0 Å². The molecule has 42 valence electrons. The predicted molar refractivity (Wildman–Crippen MR) is 30.5 cm³/mol. The largest absolute Gasteiger partial charge is 0.446 e. The molecule has 0 aliphatic carbocycles. The summed E-state index contributed by atoms with van der Waals surface area (Å²) in [6, 6.07) is 0. The van der Waals surface area contributed by atoms with Crippen LogP contribution in [0.1, 0.15) is 6.92 Å². The van der Waals surface area contributed by atoms with Gasteiger partial charge in [-0.3, -0.25) is 4.79 Å². The zero-order valence-electron chi connectivity index (χ0n) is 4.76. The maximum absolute atomic E-state index is 10.0. The van der Waals surface area contributed by atoms with Crippen molar-refractivity contribution in [2.24, 2.45) is 0 Å². The molecule has 0 aromatic rings. The second kappa shape index (κ2) is 2.98. The first kappa shape index (κ1) is 6.90. The van der Waals surface area contributed by atoms with Crippen molar-refractivity contribution in [3.8, 4) is 0 Å². The first-order valence-corrected chi connectivity index (χ1v) is 4.14. The Bertz CT molecular complexity index is 70.1. The molecule has 0 saturated heterocycles. The minimum atomic E-state index is -0.489. The van der Waals surface area contributed by atoms with E-state index in [1.165, 1.54) is 6.92 Å². The summed E-state index contributed by atoms with van der Waals surface area (Å²) < 4.78 is 4.68. The smallest absolute Gasteiger partial charge is 0.305 e. The summed E-state index contributed by atoms with van der Waals surface area (Å²) in [4.78, 5) is 10.0. The average Bonchev–Trinajstić information content (AvgIpc) is 1.27. The van der Waals surface area contributed by atoms with Crippen molar-refractivity contribution in [2.45, 2.75) is 6.92 Å². The van der Waals surface area contributed by atoms with Crippen LogP contribution in [0.2, 0.25) is 0 Å². The molecule has 0 atom stereocenters. The molecule has 0 fully saturated rings. The maximum Gasteiger partial charge on any atom is 0.305 e. The molecule has 7 heavy (non-hydrogen) atoms. The summed E-state index contributed by atoms with van der Waals surface area (Å²) in [6.07, 6.45) is 0. The summed E-state index contributed by atoms with van der Waals surface area (Å²) in [5.74, 6) is -0.184. The Morgan fingerprint density at radius 3 is 2.00 bits per heavy atom. The zero-order chi connectivity index (χ0) is 5.86. The Labute approximate surface area is 44.7 Å². The van der Waals surface area contributed by atoms with Gasteiger partial charge in [0.15, 0.2) is 0 Å². The number of hydrogen-bond acceptors (Lipinski definition) is 2. The van der Waals surface area contributed by atoms with Crippen molar-refractivity contribution in [3.63, 3.8) is 0 Å². The van der Waals surface area contributed by atoms with Crippen molar-refractivity contribution in [2.75, 3.05) is 13.3 Å². The van der Waals surface area contributed by atoms with Gasteiger partial charge in [-0.2, -0.15) is 0 Å². The van der Waals surface area contributed by atoms with Crippen LogP contribution in [0, 0.1) is 0 Å². The summed E-state index contributed by atoms with van der Waals surface area (Å²) in [5, 5.41) is 0. The fraction of sp³-hybridized carbons (Fsp3) is 0.750. The molecule has 0 spiro atoms. The third-order valence-electron chi connectivity index (χ3n) is 0.311. The molecule has 0 amide bonds. The fourth-order valence-corrected chi connectivity index (χ4v) is 0.771. The van der Waals surface area contributed by atoms with Crippen LogP contribution in [0.5, 0.6) is 0 Å². The van der Waals surface area contributed by atoms with E-state index < -0.39 is 8.15 Å². The Hall–Kier alpha value is -0.100. The highest BCUT2D eigenvalue weighted by Gasteiger charge is 1.93. The minimum absolute atomic E-state index is 0.184. The summed E-state index contributed by atoms with van der Waals surface area (Å²) >= 11 is 0. The highest BCUT2D eigenvalue weighted by molar-refractivity contribution is 7.51. The zero-order valence-corrected chi connectivity index (χ0v) is 5.66. The Morgan fingerprint density at radius 1 is 1.57 bits per heavy atom. The molecule has 0 aliphatic rings. The molecule has 0 unspecified atom stereocenters. The molecular weight excluding hydrogens is 111 g/mol. The van der Waals surface area contributed by atoms with E-state index in [-0.39, 0.29) is 5.97 Å². The highest BCUT2D eigenvalue weighted by atomic mass is 31.1. The molecule has 0 bridgehead atoms. The lowest BCUT2D eigenvalue weighted by Gasteiger charge is -2.01. The molecule has 0 radical (unpaired) electrons. The third-order valence-corrected chi connectivity index (χ3v) is 0.933. The van der Waals surface area contributed by atoms with Crippen LogP contribution in [-0.4, -0.2) is 19.3 Å². The van der Waals surface area contributed by atoms with Gasteiger partial charge >= 0.3 is 5.97 Å². The second-order valence-corrected chi connectivity index (χ2v) is 3.20.